The van der Waals surface area contributed by atoms with E-state index in [2.05, 4.69) is 13.6 Å². The SMILES string of the molecule is CP[C@H](O)[C@@H](C)C1CCCCC1. The molecule has 3 atom stereocenters. The zero-order valence-electron chi connectivity index (χ0n) is 8.21. The summed E-state index contributed by atoms with van der Waals surface area (Å²) in [6.07, 6.45) is 6.88. The molecule has 0 aromatic carbocycles. The molecule has 1 unspecified atom stereocenters. The van der Waals surface area contributed by atoms with Crippen molar-refractivity contribution < 1.29 is 5.11 Å². The lowest BCUT2D eigenvalue weighted by Crippen LogP contribution is -2.23. The van der Waals surface area contributed by atoms with Gasteiger partial charge >= 0.3 is 0 Å². The summed E-state index contributed by atoms with van der Waals surface area (Å²) in [5.74, 6) is 1.31. The molecule has 0 radical (unpaired) electrons. The van der Waals surface area contributed by atoms with Crippen molar-refractivity contribution in [2.45, 2.75) is 44.9 Å². The Morgan fingerprint density at radius 2 is 1.83 bits per heavy atom. The van der Waals surface area contributed by atoms with Gasteiger partial charge in [0.1, 0.15) is 0 Å². The molecular formula is C10H21OP. The van der Waals surface area contributed by atoms with Crippen molar-refractivity contribution >= 4 is 8.58 Å². The zero-order chi connectivity index (χ0) is 8.97. The van der Waals surface area contributed by atoms with Crippen LogP contribution in [0.4, 0.5) is 0 Å². The maximum Gasteiger partial charge on any atom is 0.0727 e. The molecule has 0 spiro atoms. The second-order valence-electron chi connectivity index (χ2n) is 3.99. The largest absolute Gasteiger partial charge is 0.389 e. The normalized spacial score (nSPS) is 26.2. The molecule has 2 heteroatoms. The Hall–Kier alpha value is 0.390. The summed E-state index contributed by atoms with van der Waals surface area (Å²) in [7, 11) is 0.692. The van der Waals surface area contributed by atoms with E-state index in [4.69, 9.17) is 0 Å². The lowest BCUT2D eigenvalue weighted by molar-refractivity contribution is 0.132. The van der Waals surface area contributed by atoms with Gasteiger partial charge in [-0.2, -0.15) is 0 Å². The topological polar surface area (TPSA) is 20.2 Å². The van der Waals surface area contributed by atoms with Crippen LogP contribution in [0, 0.1) is 11.8 Å². The molecule has 1 fully saturated rings. The van der Waals surface area contributed by atoms with Crippen molar-refractivity contribution in [1.29, 1.82) is 0 Å². The number of rotatable bonds is 3. The van der Waals surface area contributed by atoms with Crippen LogP contribution in [-0.4, -0.2) is 17.6 Å². The molecule has 1 aliphatic carbocycles. The summed E-state index contributed by atoms with van der Waals surface area (Å²) in [5.41, 5.74) is 0. The van der Waals surface area contributed by atoms with E-state index in [1.165, 1.54) is 32.1 Å². The smallest absolute Gasteiger partial charge is 0.0727 e. The third kappa shape index (κ3) is 2.71. The Kier molecular flexibility index (Phi) is 4.53. The van der Waals surface area contributed by atoms with Gasteiger partial charge in [-0.1, -0.05) is 47.6 Å². The van der Waals surface area contributed by atoms with E-state index in [1.807, 2.05) is 0 Å². The van der Waals surface area contributed by atoms with Crippen molar-refractivity contribution in [2.75, 3.05) is 6.66 Å². The molecule has 0 bridgehead atoms. The van der Waals surface area contributed by atoms with Gasteiger partial charge in [-0.15, -0.1) is 0 Å². The van der Waals surface area contributed by atoms with Crippen LogP contribution in [0.3, 0.4) is 0 Å². The molecule has 0 aromatic heterocycles. The molecule has 1 rings (SSSR count). The van der Waals surface area contributed by atoms with Crippen LogP contribution in [0.5, 0.6) is 0 Å². The minimum atomic E-state index is -0.0342. The molecule has 0 saturated heterocycles. The number of hydrogen-bond donors (Lipinski definition) is 1. The quantitative estimate of drug-likeness (QED) is 0.675. The molecule has 1 N–H and O–H groups in total. The third-order valence-electron chi connectivity index (χ3n) is 3.19. The molecule has 1 aliphatic rings. The van der Waals surface area contributed by atoms with Gasteiger partial charge in [0.15, 0.2) is 0 Å². The van der Waals surface area contributed by atoms with Crippen molar-refractivity contribution in [3.63, 3.8) is 0 Å². The molecular weight excluding hydrogens is 167 g/mol. The fourth-order valence-electron chi connectivity index (χ4n) is 2.18. The first kappa shape index (κ1) is 10.5. The van der Waals surface area contributed by atoms with Crippen molar-refractivity contribution in [3.8, 4) is 0 Å². The Labute approximate surface area is 77.7 Å². The fraction of sp³-hybridized carbons (Fsp3) is 1.00. The second-order valence-corrected chi connectivity index (χ2v) is 5.16. The van der Waals surface area contributed by atoms with E-state index in [0.29, 0.717) is 14.5 Å². The standard InChI is InChI=1S/C10H21OP/c1-8(10(11)12-2)9-6-4-3-5-7-9/h8-12H,3-7H2,1-2H3/t8-,10-/m0/s1. The molecule has 0 amide bonds. The zero-order valence-corrected chi connectivity index (χ0v) is 9.21. The molecule has 72 valence electrons. The van der Waals surface area contributed by atoms with E-state index >= 15 is 0 Å². The predicted molar refractivity (Wildman–Crippen MR) is 56.0 cm³/mol. The minimum absolute atomic E-state index is 0.0342. The van der Waals surface area contributed by atoms with Gasteiger partial charge in [-0.05, 0) is 18.5 Å². The summed E-state index contributed by atoms with van der Waals surface area (Å²) in [4.78, 5) is 0. The summed E-state index contributed by atoms with van der Waals surface area (Å²) in [6.45, 7) is 4.32. The van der Waals surface area contributed by atoms with Gasteiger partial charge < -0.3 is 5.11 Å². The van der Waals surface area contributed by atoms with Crippen LogP contribution in [-0.2, 0) is 0 Å². The fourth-order valence-corrected chi connectivity index (χ4v) is 2.98. The maximum atomic E-state index is 9.69. The van der Waals surface area contributed by atoms with E-state index in [1.54, 1.807) is 0 Å². The Bertz CT molecular complexity index is 121. The predicted octanol–water partition coefficient (Wildman–Crippen LogP) is 2.83. The van der Waals surface area contributed by atoms with Gasteiger partial charge in [0, 0.05) is 0 Å². The van der Waals surface area contributed by atoms with Gasteiger partial charge in [0.2, 0.25) is 0 Å². The second kappa shape index (κ2) is 5.19. The van der Waals surface area contributed by atoms with Crippen LogP contribution in [0.2, 0.25) is 0 Å². The summed E-state index contributed by atoms with van der Waals surface area (Å²) < 4.78 is 0. The first-order valence-corrected chi connectivity index (χ1v) is 6.68. The summed E-state index contributed by atoms with van der Waals surface area (Å²) in [6, 6.07) is 0. The highest BCUT2D eigenvalue weighted by Crippen LogP contribution is 2.35. The monoisotopic (exact) mass is 188 g/mol. The highest BCUT2D eigenvalue weighted by atomic mass is 31.1. The highest BCUT2D eigenvalue weighted by molar-refractivity contribution is 7.37. The number of hydrogen-bond acceptors (Lipinski definition) is 1. The van der Waals surface area contributed by atoms with Crippen molar-refractivity contribution in [2.24, 2.45) is 11.8 Å². The summed E-state index contributed by atoms with van der Waals surface area (Å²) in [5, 5.41) is 9.69. The lowest BCUT2D eigenvalue weighted by atomic mass is 9.81. The van der Waals surface area contributed by atoms with E-state index in [9.17, 15) is 5.11 Å². The average Bonchev–Trinajstić information content (AvgIpc) is 2.17. The Morgan fingerprint density at radius 3 is 2.33 bits per heavy atom. The highest BCUT2D eigenvalue weighted by Gasteiger charge is 2.24. The van der Waals surface area contributed by atoms with E-state index in [0.717, 1.165) is 5.92 Å². The van der Waals surface area contributed by atoms with E-state index in [-0.39, 0.29) is 5.85 Å². The van der Waals surface area contributed by atoms with Crippen LogP contribution in [0.15, 0.2) is 0 Å². The molecule has 1 nitrogen and oxygen atoms in total. The summed E-state index contributed by atoms with van der Waals surface area (Å²) >= 11 is 0. The Balaban J connectivity index is 2.33. The number of aliphatic hydroxyl groups excluding tert-OH is 1. The van der Waals surface area contributed by atoms with Gasteiger partial charge in [-0.3, -0.25) is 0 Å². The average molecular weight is 188 g/mol. The first-order chi connectivity index (χ1) is 5.75. The molecule has 12 heavy (non-hydrogen) atoms. The van der Waals surface area contributed by atoms with Gasteiger partial charge in [-0.25, -0.2) is 0 Å². The number of aliphatic hydroxyl groups is 1. The minimum Gasteiger partial charge on any atom is -0.389 e. The van der Waals surface area contributed by atoms with Crippen LogP contribution in [0.25, 0.3) is 0 Å². The first-order valence-electron chi connectivity index (χ1n) is 5.11. The van der Waals surface area contributed by atoms with Crippen LogP contribution < -0.4 is 0 Å². The maximum absolute atomic E-state index is 9.69. The van der Waals surface area contributed by atoms with E-state index < -0.39 is 0 Å². The van der Waals surface area contributed by atoms with Crippen molar-refractivity contribution in [1.82, 2.24) is 0 Å². The van der Waals surface area contributed by atoms with Crippen LogP contribution >= 0.6 is 8.58 Å². The van der Waals surface area contributed by atoms with Gasteiger partial charge in [0.05, 0.1) is 5.85 Å². The van der Waals surface area contributed by atoms with Gasteiger partial charge in [0.25, 0.3) is 0 Å². The molecule has 1 saturated carbocycles. The Morgan fingerprint density at radius 1 is 1.25 bits per heavy atom. The van der Waals surface area contributed by atoms with Crippen LogP contribution in [0.1, 0.15) is 39.0 Å². The third-order valence-corrected chi connectivity index (χ3v) is 4.30. The molecule has 0 heterocycles. The lowest BCUT2D eigenvalue weighted by Gasteiger charge is -2.30. The van der Waals surface area contributed by atoms with Crippen molar-refractivity contribution in [3.05, 3.63) is 0 Å². The molecule has 0 aliphatic heterocycles. The molecule has 0 aromatic rings.